The Hall–Kier alpha value is -5.89. The number of thiophene rings is 1. The third-order valence-electron chi connectivity index (χ3n) is 9.82. The Kier molecular flexibility index (Phi) is 5.64. The van der Waals surface area contributed by atoms with E-state index in [9.17, 15) is 5.26 Å². The summed E-state index contributed by atoms with van der Waals surface area (Å²) in [6.45, 7) is 0. The SMILES string of the molecule is N#Cc1cccc(-n2c3ccccc3c3ccccc32)c1-c1ccc2c(c1)c1ccc3sc4ccccc4c3c1n2C1=CC=CCC1. The number of hydrogen-bond donors (Lipinski definition) is 0. The maximum absolute atomic E-state index is 10.5. The van der Waals surface area contributed by atoms with Crippen LogP contribution in [0.1, 0.15) is 18.4 Å². The van der Waals surface area contributed by atoms with Gasteiger partial charge in [-0.05, 0) is 73.0 Å². The lowest BCUT2D eigenvalue weighted by Crippen LogP contribution is -2.00. The van der Waals surface area contributed by atoms with Crippen molar-refractivity contribution < 1.29 is 0 Å². The molecule has 0 amide bonds. The molecular formula is C43H27N3S. The van der Waals surface area contributed by atoms with Crippen molar-refractivity contribution in [2.75, 3.05) is 0 Å². The van der Waals surface area contributed by atoms with Crippen molar-refractivity contribution >= 4 is 80.8 Å². The quantitative estimate of drug-likeness (QED) is 0.194. The van der Waals surface area contributed by atoms with Gasteiger partial charge in [0.2, 0.25) is 0 Å². The smallest absolute Gasteiger partial charge is 0.0998 e. The zero-order valence-electron chi connectivity index (χ0n) is 25.4. The molecule has 47 heavy (non-hydrogen) atoms. The van der Waals surface area contributed by atoms with Gasteiger partial charge in [0, 0.05) is 53.0 Å². The van der Waals surface area contributed by atoms with Crippen LogP contribution in [0.25, 0.3) is 86.3 Å². The van der Waals surface area contributed by atoms with E-state index in [1.165, 1.54) is 58.4 Å². The van der Waals surface area contributed by atoms with Crippen LogP contribution in [0.15, 0.2) is 140 Å². The normalized spacial score (nSPS) is 13.4. The number of para-hydroxylation sites is 2. The summed E-state index contributed by atoms with van der Waals surface area (Å²) in [5.74, 6) is 0. The number of fused-ring (bicyclic) bond motifs is 10. The highest BCUT2D eigenvalue weighted by Crippen LogP contribution is 2.45. The molecule has 4 heteroatoms. The molecule has 1 aliphatic carbocycles. The van der Waals surface area contributed by atoms with Crippen LogP contribution in [0.4, 0.5) is 0 Å². The molecule has 0 unspecified atom stereocenters. The van der Waals surface area contributed by atoms with Crippen LogP contribution < -0.4 is 0 Å². The van der Waals surface area contributed by atoms with E-state index in [4.69, 9.17) is 0 Å². The Balaban J connectivity index is 1.32. The molecule has 0 radical (unpaired) electrons. The zero-order valence-corrected chi connectivity index (χ0v) is 26.3. The highest BCUT2D eigenvalue weighted by atomic mass is 32.1. The monoisotopic (exact) mass is 617 g/mol. The van der Waals surface area contributed by atoms with E-state index in [2.05, 4.69) is 143 Å². The van der Waals surface area contributed by atoms with Crippen molar-refractivity contribution in [2.45, 2.75) is 12.8 Å². The highest BCUT2D eigenvalue weighted by molar-refractivity contribution is 7.26. The standard InChI is InChI=1S/C43H27N3S/c44-26-28-11-10-19-38(46-35-17-7-4-14-30(35)31-15-5-8-18-36(31)46)41(28)27-21-23-37-34(25-27)32-22-24-40-42(33-16-6-9-20-39(33)47-40)43(32)45(37)29-12-2-1-3-13-29/h1-2,4-12,14-25H,3,13H2. The van der Waals surface area contributed by atoms with E-state index < -0.39 is 0 Å². The number of nitriles is 1. The minimum Gasteiger partial charge on any atom is -0.312 e. The summed E-state index contributed by atoms with van der Waals surface area (Å²) in [5.41, 5.74) is 9.70. The van der Waals surface area contributed by atoms with E-state index in [1.807, 2.05) is 23.5 Å². The zero-order chi connectivity index (χ0) is 31.1. The van der Waals surface area contributed by atoms with Crippen LogP contribution in [0.3, 0.4) is 0 Å². The van der Waals surface area contributed by atoms with Crippen molar-refractivity contribution in [3.8, 4) is 22.9 Å². The minimum atomic E-state index is 0.666. The van der Waals surface area contributed by atoms with Gasteiger partial charge in [0.1, 0.15) is 0 Å². The lowest BCUT2D eigenvalue weighted by molar-refractivity contribution is 0.981. The predicted molar refractivity (Wildman–Crippen MR) is 199 cm³/mol. The second kappa shape index (κ2) is 10.1. The second-order valence-corrected chi connectivity index (χ2v) is 13.4. The van der Waals surface area contributed by atoms with E-state index in [-0.39, 0.29) is 0 Å². The first kappa shape index (κ1) is 26.3. The molecule has 0 bridgehead atoms. The van der Waals surface area contributed by atoms with Crippen molar-refractivity contribution in [3.63, 3.8) is 0 Å². The molecule has 0 aliphatic heterocycles. The lowest BCUT2D eigenvalue weighted by atomic mass is 9.96. The van der Waals surface area contributed by atoms with Gasteiger partial charge >= 0.3 is 0 Å². The lowest BCUT2D eigenvalue weighted by Gasteiger charge is -2.16. The first-order valence-electron chi connectivity index (χ1n) is 16.1. The van der Waals surface area contributed by atoms with Crippen LogP contribution in [0, 0.1) is 11.3 Å². The topological polar surface area (TPSA) is 33.6 Å². The van der Waals surface area contributed by atoms with Gasteiger partial charge in [-0.15, -0.1) is 11.3 Å². The molecule has 0 atom stereocenters. The van der Waals surface area contributed by atoms with Crippen LogP contribution in [0.2, 0.25) is 0 Å². The van der Waals surface area contributed by atoms with Gasteiger partial charge < -0.3 is 9.13 Å². The maximum Gasteiger partial charge on any atom is 0.0998 e. The molecule has 3 heterocycles. The summed E-state index contributed by atoms with van der Waals surface area (Å²) in [6, 6.07) is 45.9. The van der Waals surface area contributed by atoms with Gasteiger partial charge in [-0.3, -0.25) is 0 Å². The number of allylic oxidation sites excluding steroid dienone is 4. The number of nitrogens with zero attached hydrogens (tertiary/aromatic N) is 3. The summed E-state index contributed by atoms with van der Waals surface area (Å²) >= 11 is 1.86. The largest absolute Gasteiger partial charge is 0.312 e. The molecule has 3 aromatic heterocycles. The molecule has 220 valence electrons. The Bertz CT molecular complexity index is 2810. The van der Waals surface area contributed by atoms with E-state index >= 15 is 0 Å². The Morgan fingerprint density at radius 3 is 2.13 bits per heavy atom. The molecule has 0 saturated carbocycles. The Morgan fingerprint density at radius 2 is 1.36 bits per heavy atom. The van der Waals surface area contributed by atoms with Crippen molar-refractivity contribution in [1.29, 1.82) is 5.26 Å². The number of hydrogen-bond acceptors (Lipinski definition) is 2. The van der Waals surface area contributed by atoms with E-state index in [1.54, 1.807) is 0 Å². The summed E-state index contributed by atoms with van der Waals surface area (Å²) < 4.78 is 7.44. The molecule has 10 rings (SSSR count). The maximum atomic E-state index is 10.5. The molecule has 9 aromatic rings. The molecule has 1 aliphatic rings. The third kappa shape index (κ3) is 3.72. The Labute approximate surface area is 275 Å². The van der Waals surface area contributed by atoms with Crippen LogP contribution in [0.5, 0.6) is 0 Å². The first-order chi connectivity index (χ1) is 23.3. The van der Waals surface area contributed by atoms with Crippen LogP contribution >= 0.6 is 11.3 Å². The van der Waals surface area contributed by atoms with Gasteiger partial charge in [-0.1, -0.05) is 84.9 Å². The number of rotatable bonds is 3. The second-order valence-electron chi connectivity index (χ2n) is 12.3. The summed E-state index contributed by atoms with van der Waals surface area (Å²) in [4.78, 5) is 0. The Morgan fingerprint density at radius 1 is 0.617 bits per heavy atom. The molecule has 0 spiro atoms. The molecule has 0 saturated heterocycles. The third-order valence-corrected chi connectivity index (χ3v) is 11.0. The molecule has 0 fully saturated rings. The highest BCUT2D eigenvalue weighted by Gasteiger charge is 2.22. The van der Waals surface area contributed by atoms with E-state index in [0.717, 1.165) is 40.7 Å². The van der Waals surface area contributed by atoms with Crippen molar-refractivity contribution in [2.24, 2.45) is 0 Å². The number of aromatic nitrogens is 2. The van der Waals surface area contributed by atoms with Gasteiger partial charge in [-0.25, -0.2) is 0 Å². The molecule has 3 nitrogen and oxygen atoms in total. The van der Waals surface area contributed by atoms with Crippen LogP contribution in [-0.4, -0.2) is 9.13 Å². The minimum absolute atomic E-state index is 0.666. The fourth-order valence-electron chi connectivity index (χ4n) is 7.85. The molecule has 6 aromatic carbocycles. The average molecular weight is 618 g/mol. The van der Waals surface area contributed by atoms with Crippen LogP contribution in [-0.2, 0) is 0 Å². The van der Waals surface area contributed by atoms with Gasteiger partial charge in [0.05, 0.1) is 39.4 Å². The predicted octanol–water partition coefficient (Wildman–Crippen LogP) is 12.0. The van der Waals surface area contributed by atoms with Gasteiger partial charge in [0.15, 0.2) is 0 Å². The average Bonchev–Trinajstić information content (AvgIpc) is 3.79. The summed E-state index contributed by atoms with van der Waals surface area (Å²) in [7, 11) is 0. The first-order valence-corrected chi connectivity index (χ1v) is 16.9. The summed E-state index contributed by atoms with van der Waals surface area (Å²) in [5, 5.41) is 18.0. The fraction of sp³-hybridized carbons (Fsp3) is 0.0465. The number of benzene rings is 6. The summed E-state index contributed by atoms with van der Waals surface area (Å²) in [6.07, 6.45) is 8.74. The fourth-order valence-corrected chi connectivity index (χ4v) is 8.96. The van der Waals surface area contributed by atoms with Crippen molar-refractivity contribution in [3.05, 3.63) is 145 Å². The van der Waals surface area contributed by atoms with E-state index in [0.29, 0.717) is 5.56 Å². The molecule has 0 N–H and O–H groups in total. The molecular weight excluding hydrogens is 591 g/mol. The van der Waals surface area contributed by atoms with Gasteiger partial charge in [-0.2, -0.15) is 5.26 Å². The van der Waals surface area contributed by atoms with Crippen molar-refractivity contribution in [1.82, 2.24) is 9.13 Å². The van der Waals surface area contributed by atoms with Gasteiger partial charge in [0.25, 0.3) is 0 Å².